The summed E-state index contributed by atoms with van der Waals surface area (Å²) < 4.78 is 13.7. The van der Waals surface area contributed by atoms with Gasteiger partial charge in [-0.2, -0.15) is 9.49 Å². The molecule has 0 aliphatic heterocycles. The smallest absolute Gasteiger partial charge is 0.228 e. The lowest BCUT2D eigenvalue weighted by atomic mass is 10.1. The molecule has 7 rings (SSSR count). The van der Waals surface area contributed by atoms with Crippen molar-refractivity contribution in [1.29, 1.82) is 0 Å². The van der Waals surface area contributed by atoms with E-state index >= 15 is 0 Å². The maximum Gasteiger partial charge on any atom is 0.228 e. The number of nitrogens with zero attached hydrogens (tertiary/aromatic N) is 4. The molecule has 0 spiro atoms. The number of amides is 1. The molecule has 2 aromatic carbocycles. The minimum absolute atomic E-state index is 0.120. The van der Waals surface area contributed by atoms with Gasteiger partial charge in [-0.25, -0.2) is 9.97 Å². The average Bonchev–Trinajstić information content (AvgIpc) is 3.71. The van der Waals surface area contributed by atoms with Crippen molar-refractivity contribution >= 4 is 45.0 Å². The van der Waals surface area contributed by atoms with Gasteiger partial charge in [0.15, 0.2) is 16.6 Å². The highest BCUT2D eigenvalue weighted by atomic mass is 32.1. The Morgan fingerprint density at radius 2 is 1.82 bits per heavy atom. The molecule has 194 valence electrons. The van der Waals surface area contributed by atoms with Gasteiger partial charge in [-0.1, -0.05) is 42.5 Å². The van der Waals surface area contributed by atoms with Gasteiger partial charge in [0.05, 0.1) is 34.7 Å². The Kier molecular flexibility index (Phi) is 5.86. The Morgan fingerprint density at radius 1 is 0.950 bits per heavy atom. The lowest BCUT2D eigenvalue weighted by Gasteiger charge is -2.07. The van der Waals surface area contributed by atoms with Crippen LogP contribution in [0, 0.1) is 5.13 Å². The first kappa shape index (κ1) is 23.9. The van der Waals surface area contributed by atoms with E-state index in [2.05, 4.69) is 30.5 Å². The number of halogens is 1. The molecule has 0 aliphatic rings. The second-order valence-electron chi connectivity index (χ2n) is 9.26. The van der Waals surface area contributed by atoms with Crippen LogP contribution in [-0.4, -0.2) is 36.0 Å². The molecule has 3 N–H and O–H groups in total. The lowest BCUT2D eigenvalue weighted by molar-refractivity contribution is -0.115. The highest BCUT2D eigenvalue weighted by molar-refractivity contribution is 7.14. The number of hydrogen-bond donors (Lipinski definition) is 3. The number of anilines is 1. The summed E-state index contributed by atoms with van der Waals surface area (Å²) in [6.07, 6.45) is 5.35. The third-order valence-corrected chi connectivity index (χ3v) is 7.46. The van der Waals surface area contributed by atoms with Crippen LogP contribution in [0.25, 0.3) is 55.2 Å². The van der Waals surface area contributed by atoms with Crippen molar-refractivity contribution in [3.63, 3.8) is 0 Å². The number of nitrogens with one attached hydrogen (secondary N) is 3. The largest absolute Gasteiger partial charge is 0.337 e. The van der Waals surface area contributed by atoms with E-state index in [1.54, 1.807) is 24.7 Å². The van der Waals surface area contributed by atoms with Crippen molar-refractivity contribution < 1.29 is 9.18 Å². The molecule has 0 saturated carbocycles. The van der Waals surface area contributed by atoms with Gasteiger partial charge >= 0.3 is 0 Å². The fraction of sp³-hybridized carbons (Fsp3) is 0.0333. The molecular weight excluding hydrogens is 525 g/mol. The number of benzene rings is 2. The van der Waals surface area contributed by atoms with Crippen molar-refractivity contribution in [3.05, 3.63) is 102 Å². The van der Waals surface area contributed by atoms with Crippen molar-refractivity contribution in [3.8, 4) is 33.1 Å². The second-order valence-corrected chi connectivity index (χ2v) is 10.3. The van der Waals surface area contributed by atoms with Crippen molar-refractivity contribution in [2.45, 2.75) is 6.42 Å². The number of aromatic nitrogens is 6. The molecule has 10 heteroatoms. The number of imidazole rings is 1. The van der Waals surface area contributed by atoms with Crippen LogP contribution in [0.3, 0.4) is 0 Å². The van der Waals surface area contributed by atoms with Crippen LogP contribution in [0.5, 0.6) is 0 Å². The molecular formula is C30H20FN7OS. The van der Waals surface area contributed by atoms with E-state index in [-0.39, 0.29) is 17.5 Å². The van der Waals surface area contributed by atoms with E-state index in [1.807, 2.05) is 60.7 Å². The highest BCUT2D eigenvalue weighted by Crippen LogP contribution is 2.35. The first-order valence-electron chi connectivity index (χ1n) is 12.5. The maximum atomic E-state index is 13.7. The lowest BCUT2D eigenvalue weighted by Crippen LogP contribution is -2.14. The number of para-hydroxylation sites is 1. The maximum absolute atomic E-state index is 13.7. The number of aromatic amines is 2. The summed E-state index contributed by atoms with van der Waals surface area (Å²) in [6.45, 7) is 0. The quantitative estimate of drug-likeness (QED) is 0.218. The molecule has 0 saturated heterocycles. The Labute approximate surface area is 231 Å². The predicted octanol–water partition coefficient (Wildman–Crippen LogP) is 6.61. The number of fused-ring (bicyclic) bond motifs is 2. The Bertz CT molecular complexity index is 2010. The standard InChI is InChI=1S/C30H20FN7OS/c31-25-10-9-24(40-25)21-7-4-8-23-27(21)36-30(35-23)28-22-13-19(15-33-29(22)38-37-28)18-12-20(16-32-14-18)34-26(39)11-17-5-2-1-3-6-17/h1-10,12-16H,11H2,(H,34,39)(H,35,36)(H,33,37,38). The Hall–Kier alpha value is -5.22. The van der Waals surface area contributed by atoms with Gasteiger partial charge in [0.25, 0.3) is 0 Å². The molecule has 5 aromatic heterocycles. The molecule has 5 heterocycles. The fourth-order valence-electron chi connectivity index (χ4n) is 4.70. The van der Waals surface area contributed by atoms with Gasteiger partial charge in [-0.3, -0.25) is 14.9 Å². The summed E-state index contributed by atoms with van der Waals surface area (Å²) in [7, 11) is 0. The van der Waals surface area contributed by atoms with Crippen LogP contribution in [-0.2, 0) is 11.2 Å². The normalized spacial score (nSPS) is 11.3. The van der Waals surface area contributed by atoms with Crippen LogP contribution in [0.2, 0.25) is 0 Å². The molecule has 0 bridgehead atoms. The zero-order valence-corrected chi connectivity index (χ0v) is 21.7. The summed E-state index contributed by atoms with van der Waals surface area (Å²) in [5.41, 5.74) is 6.78. The zero-order valence-electron chi connectivity index (χ0n) is 20.9. The number of rotatable bonds is 6. The molecule has 40 heavy (non-hydrogen) atoms. The summed E-state index contributed by atoms with van der Waals surface area (Å²) in [5.74, 6) is 0.454. The van der Waals surface area contributed by atoms with Crippen LogP contribution < -0.4 is 5.32 Å². The van der Waals surface area contributed by atoms with Crippen LogP contribution in [0.15, 0.2) is 91.4 Å². The Balaban J connectivity index is 1.21. The summed E-state index contributed by atoms with van der Waals surface area (Å²) in [5, 5.41) is 10.9. The number of hydrogen-bond acceptors (Lipinski definition) is 6. The summed E-state index contributed by atoms with van der Waals surface area (Å²) >= 11 is 1.08. The second kappa shape index (κ2) is 9.83. The van der Waals surface area contributed by atoms with Gasteiger partial charge in [-0.05, 0) is 35.9 Å². The monoisotopic (exact) mass is 545 g/mol. The summed E-state index contributed by atoms with van der Waals surface area (Å²) in [6, 6.07) is 22.4. The first-order valence-corrected chi connectivity index (χ1v) is 13.3. The minimum Gasteiger partial charge on any atom is -0.337 e. The molecule has 1 amide bonds. The number of pyridine rings is 2. The van der Waals surface area contributed by atoms with Crippen molar-refractivity contribution in [2.24, 2.45) is 0 Å². The SMILES string of the molecule is O=C(Cc1ccccc1)Nc1cncc(-c2cnc3[nH]nc(-c4nc5c(-c6ccc(F)s6)cccc5[nH]4)c3c2)c1. The topological polar surface area (TPSA) is 112 Å². The van der Waals surface area contributed by atoms with Gasteiger partial charge in [-0.15, -0.1) is 11.3 Å². The molecule has 7 aromatic rings. The number of carbonyl (C=O) groups excluding carboxylic acids is 1. The van der Waals surface area contributed by atoms with Gasteiger partial charge < -0.3 is 10.3 Å². The van der Waals surface area contributed by atoms with Gasteiger partial charge in [0.2, 0.25) is 5.91 Å². The molecule has 0 aliphatic carbocycles. The van der Waals surface area contributed by atoms with Crippen LogP contribution >= 0.6 is 11.3 Å². The zero-order chi connectivity index (χ0) is 27.1. The predicted molar refractivity (Wildman–Crippen MR) is 154 cm³/mol. The first-order chi connectivity index (χ1) is 19.6. The average molecular weight is 546 g/mol. The van der Waals surface area contributed by atoms with E-state index in [4.69, 9.17) is 4.98 Å². The summed E-state index contributed by atoms with van der Waals surface area (Å²) in [4.78, 5) is 30.4. The molecule has 0 fully saturated rings. The van der Waals surface area contributed by atoms with E-state index in [0.717, 1.165) is 54.9 Å². The van der Waals surface area contributed by atoms with E-state index < -0.39 is 0 Å². The van der Waals surface area contributed by atoms with Gasteiger partial charge in [0, 0.05) is 34.0 Å². The minimum atomic E-state index is -0.242. The van der Waals surface area contributed by atoms with Crippen LogP contribution in [0.4, 0.5) is 10.1 Å². The van der Waals surface area contributed by atoms with Crippen molar-refractivity contribution in [1.82, 2.24) is 30.1 Å². The number of thiophene rings is 1. The third-order valence-electron chi connectivity index (χ3n) is 6.55. The number of carbonyl (C=O) groups is 1. The van der Waals surface area contributed by atoms with E-state index in [9.17, 15) is 9.18 Å². The molecule has 0 atom stereocenters. The molecule has 8 nitrogen and oxygen atoms in total. The fourth-order valence-corrected chi connectivity index (χ4v) is 5.45. The highest BCUT2D eigenvalue weighted by Gasteiger charge is 2.17. The van der Waals surface area contributed by atoms with E-state index in [0.29, 0.717) is 22.9 Å². The van der Waals surface area contributed by atoms with Crippen molar-refractivity contribution in [2.75, 3.05) is 5.32 Å². The number of H-pyrrole nitrogens is 2. The Morgan fingerprint density at radius 3 is 2.67 bits per heavy atom. The third kappa shape index (κ3) is 4.50. The van der Waals surface area contributed by atoms with Crippen LogP contribution in [0.1, 0.15) is 5.56 Å². The molecule has 0 radical (unpaired) electrons. The van der Waals surface area contributed by atoms with Gasteiger partial charge in [0.1, 0.15) is 5.69 Å². The molecule has 0 unspecified atom stereocenters. The van der Waals surface area contributed by atoms with E-state index in [1.165, 1.54) is 6.07 Å².